The Morgan fingerprint density at radius 2 is 2.00 bits per heavy atom. The lowest BCUT2D eigenvalue weighted by Crippen LogP contribution is -2.37. The molecule has 1 amide bonds. The van der Waals surface area contributed by atoms with Crippen LogP contribution in [0.5, 0.6) is 5.75 Å². The molecule has 4 nitrogen and oxygen atoms in total. The molecular weight excluding hydrogens is 252 g/mol. The maximum atomic E-state index is 11.9. The normalized spacial score (nSPS) is 13.9. The maximum absolute atomic E-state index is 11.9. The van der Waals surface area contributed by atoms with Crippen LogP contribution in [0.4, 0.5) is 0 Å². The predicted molar refractivity (Wildman–Crippen MR) is 81.6 cm³/mol. The molecule has 0 aromatic heterocycles. The highest BCUT2D eigenvalue weighted by atomic mass is 16.5. The monoisotopic (exact) mass is 278 g/mol. The van der Waals surface area contributed by atoms with Crippen LogP contribution in [-0.2, 0) is 4.79 Å². The van der Waals surface area contributed by atoms with Crippen LogP contribution in [0.2, 0.25) is 0 Å². The smallest absolute Gasteiger partial charge is 0.260 e. The zero-order chi connectivity index (χ0) is 15.1. The van der Waals surface area contributed by atoms with E-state index in [1.165, 1.54) is 0 Å². The molecule has 2 atom stereocenters. The molecule has 3 N–H and O–H groups in total. The third-order valence-corrected chi connectivity index (χ3v) is 3.09. The van der Waals surface area contributed by atoms with Gasteiger partial charge in [0.2, 0.25) is 0 Å². The number of carbonyl (C=O) groups excluding carboxylic acids is 1. The first-order valence-electron chi connectivity index (χ1n) is 7.20. The fraction of sp³-hybridized carbons (Fsp3) is 0.562. The van der Waals surface area contributed by atoms with E-state index in [0.29, 0.717) is 18.2 Å². The molecule has 1 aromatic carbocycles. The molecule has 0 aliphatic heterocycles. The van der Waals surface area contributed by atoms with Crippen LogP contribution in [0.1, 0.15) is 45.7 Å². The molecule has 1 rings (SSSR count). The molecule has 0 spiro atoms. The van der Waals surface area contributed by atoms with Gasteiger partial charge in [-0.15, -0.1) is 0 Å². The van der Waals surface area contributed by atoms with Crippen molar-refractivity contribution in [3.8, 4) is 5.75 Å². The van der Waals surface area contributed by atoms with E-state index in [2.05, 4.69) is 19.2 Å². The number of rotatable bonds is 7. The van der Waals surface area contributed by atoms with E-state index in [9.17, 15) is 4.79 Å². The van der Waals surface area contributed by atoms with Crippen LogP contribution in [0.3, 0.4) is 0 Å². The molecule has 0 aliphatic carbocycles. The van der Waals surface area contributed by atoms with Crippen molar-refractivity contribution < 1.29 is 9.53 Å². The Labute approximate surface area is 121 Å². The van der Waals surface area contributed by atoms with Gasteiger partial charge < -0.3 is 15.8 Å². The Balaban J connectivity index is 2.50. The van der Waals surface area contributed by atoms with Gasteiger partial charge in [-0.2, -0.15) is 0 Å². The summed E-state index contributed by atoms with van der Waals surface area (Å²) in [5.74, 6) is 1.16. The Bertz CT molecular complexity index is 430. The van der Waals surface area contributed by atoms with E-state index in [1.54, 1.807) is 6.92 Å². The summed E-state index contributed by atoms with van der Waals surface area (Å²) in [7, 11) is 0. The van der Waals surface area contributed by atoms with Crippen LogP contribution in [0.25, 0.3) is 0 Å². The lowest BCUT2D eigenvalue weighted by atomic mass is 10.1. The summed E-state index contributed by atoms with van der Waals surface area (Å²) in [4.78, 5) is 11.9. The van der Waals surface area contributed by atoms with Gasteiger partial charge in [0.15, 0.2) is 6.10 Å². The van der Waals surface area contributed by atoms with Crippen LogP contribution in [-0.4, -0.2) is 18.6 Å². The van der Waals surface area contributed by atoms with E-state index in [-0.39, 0.29) is 11.9 Å². The third kappa shape index (κ3) is 5.61. The summed E-state index contributed by atoms with van der Waals surface area (Å²) in [6.07, 6.45) is 0.462. The Kier molecular flexibility index (Phi) is 6.52. The van der Waals surface area contributed by atoms with Gasteiger partial charge in [-0.25, -0.2) is 0 Å². The van der Waals surface area contributed by atoms with Gasteiger partial charge in [-0.3, -0.25) is 4.79 Å². The lowest BCUT2D eigenvalue weighted by molar-refractivity contribution is -0.127. The molecule has 1 unspecified atom stereocenters. The molecule has 0 saturated carbocycles. The zero-order valence-electron chi connectivity index (χ0n) is 12.8. The van der Waals surface area contributed by atoms with Gasteiger partial charge in [-0.05, 0) is 43.9 Å². The number of carbonyl (C=O) groups is 1. The highest BCUT2D eigenvalue weighted by Crippen LogP contribution is 2.18. The lowest BCUT2D eigenvalue weighted by Gasteiger charge is -2.16. The predicted octanol–water partition coefficient (Wildman–Crippen LogP) is 2.64. The average molecular weight is 278 g/mol. The zero-order valence-corrected chi connectivity index (χ0v) is 12.8. The first kappa shape index (κ1) is 16.5. The molecule has 0 bridgehead atoms. The van der Waals surface area contributed by atoms with Crippen molar-refractivity contribution in [2.24, 2.45) is 11.7 Å². The van der Waals surface area contributed by atoms with Crippen molar-refractivity contribution in [1.29, 1.82) is 0 Å². The molecule has 0 fully saturated rings. The second-order valence-electron chi connectivity index (χ2n) is 5.59. The summed E-state index contributed by atoms with van der Waals surface area (Å²) < 4.78 is 5.66. The van der Waals surface area contributed by atoms with Crippen LogP contribution < -0.4 is 15.8 Å². The van der Waals surface area contributed by atoms with Crippen molar-refractivity contribution in [1.82, 2.24) is 5.32 Å². The topological polar surface area (TPSA) is 64.3 Å². The number of amides is 1. The molecule has 1 aromatic rings. The second-order valence-corrected chi connectivity index (χ2v) is 5.59. The molecule has 0 saturated heterocycles. The third-order valence-electron chi connectivity index (χ3n) is 3.09. The van der Waals surface area contributed by atoms with Crippen LogP contribution >= 0.6 is 0 Å². The minimum atomic E-state index is -0.509. The minimum Gasteiger partial charge on any atom is -0.481 e. The van der Waals surface area contributed by atoms with Gasteiger partial charge in [0.25, 0.3) is 5.91 Å². The molecule has 0 radical (unpaired) electrons. The van der Waals surface area contributed by atoms with Crippen molar-refractivity contribution >= 4 is 5.91 Å². The van der Waals surface area contributed by atoms with Gasteiger partial charge >= 0.3 is 0 Å². The van der Waals surface area contributed by atoms with Crippen LogP contribution in [0, 0.1) is 5.92 Å². The number of benzene rings is 1. The minimum absolute atomic E-state index is 0.0475. The molecular formula is C16H26N2O2. The summed E-state index contributed by atoms with van der Waals surface area (Å²) in [6.45, 7) is 8.62. The fourth-order valence-electron chi connectivity index (χ4n) is 1.76. The average Bonchev–Trinajstić information content (AvgIpc) is 2.38. The second kappa shape index (κ2) is 7.90. The number of nitrogens with one attached hydrogen (secondary N) is 1. The summed E-state index contributed by atoms with van der Waals surface area (Å²) in [6, 6.07) is 7.50. The fourth-order valence-corrected chi connectivity index (χ4v) is 1.76. The van der Waals surface area contributed by atoms with Gasteiger partial charge in [0.1, 0.15) is 5.75 Å². The first-order chi connectivity index (χ1) is 9.40. The number of hydrogen-bond donors (Lipinski definition) is 2. The van der Waals surface area contributed by atoms with Gasteiger partial charge in [0.05, 0.1) is 0 Å². The summed E-state index contributed by atoms with van der Waals surface area (Å²) in [5, 5.41) is 2.88. The largest absolute Gasteiger partial charge is 0.481 e. The highest BCUT2D eigenvalue weighted by molar-refractivity contribution is 5.80. The molecule has 0 heterocycles. The van der Waals surface area contributed by atoms with Crippen molar-refractivity contribution in [3.05, 3.63) is 29.8 Å². The maximum Gasteiger partial charge on any atom is 0.260 e. The quantitative estimate of drug-likeness (QED) is 0.806. The number of nitrogens with two attached hydrogens (primary N) is 1. The highest BCUT2D eigenvalue weighted by Gasteiger charge is 2.14. The van der Waals surface area contributed by atoms with Crippen LogP contribution in [0.15, 0.2) is 24.3 Å². The molecule has 0 aliphatic rings. The van der Waals surface area contributed by atoms with Crippen molar-refractivity contribution in [3.63, 3.8) is 0 Å². The molecule has 4 heteroatoms. The van der Waals surface area contributed by atoms with Gasteiger partial charge in [-0.1, -0.05) is 26.0 Å². The number of hydrogen-bond acceptors (Lipinski definition) is 3. The van der Waals surface area contributed by atoms with E-state index in [0.717, 1.165) is 12.0 Å². The SMILES string of the molecule is CC(C)CCNC(=O)C(C)Oc1cccc([C@H](C)N)c1. The molecule has 112 valence electrons. The summed E-state index contributed by atoms with van der Waals surface area (Å²) >= 11 is 0. The van der Waals surface area contributed by atoms with E-state index in [1.807, 2.05) is 31.2 Å². The standard InChI is InChI=1S/C16H26N2O2/c1-11(2)8-9-18-16(19)13(4)20-15-7-5-6-14(10-15)12(3)17/h5-7,10-13H,8-9,17H2,1-4H3,(H,18,19)/t12-,13?/m0/s1. The van der Waals surface area contributed by atoms with Gasteiger partial charge in [0, 0.05) is 12.6 Å². The van der Waals surface area contributed by atoms with Crippen molar-refractivity contribution in [2.75, 3.05) is 6.54 Å². The number of ether oxygens (including phenoxy) is 1. The molecule has 20 heavy (non-hydrogen) atoms. The van der Waals surface area contributed by atoms with Crippen molar-refractivity contribution in [2.45, 2.75) is 46.3 Å². The summed E-state index contributed by atoms with van der Waals surface area (Å²) in [5.41, 5.74) is 6.83. The van der Waals surface area contributed by atoms with E-state index < -0.39 is 6.10 Å². The van der Waals surface area contributed by atoms with E-state index >= 15 is 0 Å². The Morgan fingerprint density at radius 1 is 1.30 bits per heavy atom. The van der Waals surface area contributed by atoms with E-state index in [4.69, 9.17) is 10.5 Å². The Hall–Kier alpha value is -1.55. The Morgan fingerprint density at radius 3 is 2.60 bits per heavy atom. The first-order valence-corrected chi connectivity index (χ1v) is 7.20.